The summed E-state index contributed by atoms with van der Waals surface area (Å²) in [6.07, 6.45) is 0.631. The van der Waals surface area contributed by atoms with E-state index in [1.807, 2.05) is 26.0 Å². The first-order valence-electron chi connectivity index (χ1n) is 5.94. The number of halogens is 1. The fraction of sp³-hybridized carbons (Fsp3) is 0.357. The number of hydrogen-bond acceptors (Lipinski definition) is 3. The number of carbonyl (C=O) groups excluding carboxylic acids is 1. The number of ether oxygens (including phenoxy) is 2. The molecule has 0 aromatic heterocycles. The Morgan fingerprint density at radius 1 is 1.33 bits per heavy atom. The van der Waals surface area contributed by atoms with Gasteiger partial charge in [0.05, 0.1) is 17.2 Å². The molecule has 0 fully saturated rings. The predicted molar refractivity (Wildman–Crippen MR) is 70.8 cm³/mol. The lowest BCUT2D eigenvalue weighted by Crippen LogP contribution is -2.38. The van der Waals surface area contributed by atoms with Crippen molar-refractivity contribution in [2.24, 2.45) is 0 Å². The maximum Gasteiger partial charge on any atom is 0.199 e. The van der Waals surface area contributed by atoms with E-state index >= 15 is 0 Å². The zero-order valence-corrected chi connectivity index (χ0v) is 11.8. The first kappa shape index (κ1) is 11.8. The Morgan fingerprint density at radius 3 is 2.89 bits per heavy atom. The Bertz CT molecular complexity index is 562. The molecule has 2 atom stereocenters. The molecule has 1 unspecified atom stereocenters. The van der Waals surface area contributed by atoms with Crippen LogP contribution in [0.2, 0.25) is 0 Å². The van der Waals surface area contributed by atoms with Crippen molar-refractivity contribution >= 4 is 21.7 Å². The van der Waals surface area contributed by atoms with E-state index in [2.05, 4.69) is 15.9 Å². The fourth-order valence-electron chi connectivity index (χ4n) is 2.55. The Hall–Kier alpha value is -1.29. The molecule has 0 aliphatic carbocycles. The summed E-state index contributed by atoms with van der Waals surface area (Å²) in [5, 5.41) is 0. The van der Waals surface area contributed by atoms with Crippen LogP contribution in [0, 0.1) is 0 Å². The number of Topliss-reactive ketones (excluding diaryl/α,β-unsaturated/α-hetero) is 1. The Kier molecular flexibility index (Phi) is 2.70. The summed E-state index contributed by atoms with van der Waals surface area (Å²) in [4.78, 5) is 12.5. The highest BCUT2D eigenvalue weighted by molar-refractivity contribution is 9.10. The molecule has 0 spiro atoms. The van der Waals surface area contributed by atoms with Crippen LogP contribution in [0.4, 0.5) is 0 Å². The van der Waals surface area contributed by atoms with Crippen molar-refractivity contribution in [3.05, 3.63) is 39.6 Å². The van der Waals surface area contributed by atoms with Crippen LogP contribution in [0.25, 0.3) is 0 Å². The van der Waals surface area contributed by atoms with Gasteiger partial charge in [-0.3, -0.25) is 4.79 Å². The molecule has 0 saturated heterocycles. The number of carbonyl (C=O) groups is 1. The van der Waals surface area contributed by atoms with Crippen molar-refractivity contribution in [2.45, 2.75) is 32.5 Å². The predicted octanol–water partition coefficient (Wildman–Crippen LogP) is 3.48. The molecule has 94 valence electrons. The van der Waals surface area contributed by atoms with Crippen molar-refractivity contribution < 1.29 is 14.3 Å². The van der Waals surface area contributed by atoms with Gasteiger partial charge in [-0.25, -0.2) is 0 Å². The number of fused-ring (bicyclic) bond motifs is 2. The van der Waals surface area contributed by atoms with Crippen LogP contribution in [0.3, 0.4) is 0 Å². The third kappa shape index (κ3) is 1.75. The van der Waals surface area contributed by atoms with Crippen molar-refractivity contribution in [1.29, 1.82) is 0 Å². The van der Waals surface area contributed by atoms with Crippen LogP contribution in [0.1, 0.15) is 30.6 Å². The number of hydrogen-bond donors (Lipinski definition) is 0. The highest BCUT2D eigenvalue weighted by Crippen LogP contribution is 2.38. The van der Waals surface area contributed by atoms with Gasteiger partial charge in [-0.15, -0.1) is 0 Å². The highest BCUT2D eigenvalue weighted by atomic mass is 79.9. The maximum atomic E-state index is 12.5. The Morgan fingerprint density at radius 2 is 2.11 bits per heavy atom. The number of benzene rings is 1. The van der Waals surface area contributed by atoms with E-state index < -0.39 is 0 Å². The molecular weight excluding hydrogens is 296 g/mol. The summed E-state index contributed by atoms with van der Waals surface area (Å²) in [6.45, 7) is 3.83. The average molecular weight is 309 g/mol. The molecule has 18 heavy (non-hydrogen) atoms. The summed E-state index contributed by atoms with van der Waals surface area (Å²) >= 11 is 3.38. The zero-order chi connectivity index (χ0) is 12.9. The van der Waals surface area contributed by atoms with Gasteiger partial charge in [-0.05, 0) is 32.0 Å². The minimum absolute atomic E-state index is 0.0203. The van der Waals surface area contributed by atoms with E-state index in [0.717, 1.165) is 4.47 Å². The topological polar surface area (TPSA) is 35.5 Å². The maximum absolute atomic E-state index is 12.5. The van der Waals surface area contributed by atoms with Gasteiger partial charge < -0.3 is 9.47 Å². The molecule has 2 heterocycles. The van der Waals surface area contributed by atoms with Gasteiger partial charge in [0.15, 0.2) is 5.78 Å². The van der Waals surface area contributed by atoms with Crippen molar-refractivity contribution in [3.8, 4) is 5.75 Å². The quantitative estimate of drug-likeness (QED) is 0.736. The van der Waals surface area contributed by atoms with E-state index in [4.69, 9.17) is 9.47 Å². The van der Waals surface area contributed by atoms with Crippen LogP contribution < -0.4 is 4.74 Å². The summed E-state index contributed by atoms with van der Waals surface area (Å²) < 4.78 is 12.4. The van der Waals surface area contributed by atoms with E-state index in [1.165, 1.54) is 0 Å². The molecule has 0 saturated carbocycles. The van der Waals surface area contributed by atoms with Crippen molar-refractivity contribution in [3.63, 3.8) is 0 Å². The first-order valence-corrected chi connectivity index (χ1v) is 6.74. The molecule has 2 aliphatic heterocycles. The molecule has 3 rings (SSSR count). The molecule has 0 bridgehead atoms. The van der Waals surface area contributed by atoms with Gasteiger partial charge in [0.1, 0.15) is 17.6 Å². The summed E-state index contributed by atoms with van der Waals surface area (Å²) in [7, 11) is 0. The van der Waals surface area contributed by atoms with Gasteiger partial charge in [0.2, 0.25) is 0 Å². The zero-order valence-electron chi connectivity index (χ0n) is 10.2. The van der Waals surface area contributed by atoms with Gasteiger partial charge in [-0.1, -0.05) is 15.9 Å². The van der Waals surface area contributed by atoms with Crippen molar-refractivity contribution in [1.82, 2.24) is 0 Å². The van der Waals surface area contributed by atoms with Crippen LogP contribution in [-0.4, -0.2) is 18.0 Å². The van der Waals surface area contributed by atoms with Crippen molar-refractivity contribution in [2.75, 3.05) is 0 Å². The SMILES string of the molecule is CC1=C2C(=O)c3cc(Br)ccc3OC2C[C@@H](C)O1. The Labute approximate surface area is 114 Å². The molecule has 0 N–H and O–H groups in total. The largest absolute Gasteiger partial charge is 0.495 e. The molecule has 1 aromatic rings. The average Bonchev–Trinajstić information content (AvgIpc) is 2.29. The third-order valence-corrected chi connectivity index (χ3v) is 3.82. The smallest absolute Gasteiger partial charge is 0.199 e. The number of allylic oxidation sites excluding steroid dienone is 1. The van der Waals surface area contributed by atoms with E-state index in [-0.39, 0.29) is 18.0 Å². The minimum atomic E-state index is -0.171. The molecule has 3 nitrogen and oxygen atoms in total. The first-order chi connectivity index (χ1) is 8.56. The van der Waals surface area contributed by atoms with Crippen LogP contribution >= 0.6 is 15.9 Å². The highest BCUT2D eigenvalue weighted by Gasteiger charge is 2.38. The molecular formula is C14H13BrO3. The summed E-state index contributed by atoms with van der Waals surface area (Å²) in [5.41, 5.74) is 1.27. The van der Waals surface area contributed by atoms with E-state index in [0.29, 0.717) is 29.1 Å². The van der Waals surface area contributed by atoms with E-state index in [1.54, 1.807) is 6.07 Å². The Balaban J connectivity index is 2.13. The second kappa shape index (κ2) is 4.12. The molecule has 1 aromatic carbocycles. The lowest BCUT2D eigenvalue weighted by molar-refractivity contribution is 0.0477. The van der Waals surface area contributed by atoms with Gasteiger partial charge >= 0.3 is 0 Å². The van der Waals surface area contributed by atoms with Gasteiger partial charge in [-0.2, -0.15) is 0 Å². The lowest BCUT2D eigenvalue weighted by Gasteiger charge is -2.35. The third-order valence-electron chi connectivity index (χ3n) is 3.33. The second-order valence-corrected chi connectivity index (χ2v) is 5.63. The minimum Gasteiger partial charge on any atom is -0.495 e. The molecule has 2 aliphatic rings. The number of ketones is 1. The van der Waals surface area contributed by atoms with E-state index in [9.17, 15) is 4.79 Å². The number of rotatable bonds is 0. The van der Waals surface area contributed by atoms with Gasteiger partial charge in [0.25, 0.3) is 0 Å². The second-order valence-electron chi connectivity index (χ2n) is 4.71. The van der Waals surface area contributed by atoms with Crippen LogP contribution in [0.5, 0.6) is 5.75 Å². The standard InChI is InChI=1S/C14H13BrO3/c1-7-5-12-13(8(2)17-7)14(16)10-6-9(15)3-4-11(10)18-12/h3-4,6-7,12H,5H2,1-2H3/t7-,12?/m1/s1. The fourth-order valence-corrected chi connectivity index (χ4v) is 2.91. The molecule has 0 amide bonds. The normalized spacial score (nSPS) is 26.1. The van der Waals surface area contributed by atoms with Gasteiger partial charge in [0, 0.05) is 10.9 Å². The molecule has 0 radical (unpaired) electrons. The van der Waals surface area contributed by atoms with Crippen LogP contribution in [0.15, 0.2) is 34.0 Å². The monoisotopic (exact) mass is 308 g/mol. The molecule has 4 heteroatoms. The lowest BCUT2D eigenvalue weighted by atomic mass is 9.90. The summed E-state index contributed by atoms with van der Waals surface area (Å²) in [6, 6.07) is 5.52. The van der Waals surface area contributed by atoms with Crippen LogP contribution in [-0.2, 0) is 4.74 Å². The summed E-state index contributed by atoms with van der Waals surface area (Å²) in [5.74, 6) is 1.38.